The molecule has 0 atom stereocenters. The highest BCUT2D eigenvalue weighted by atomic mass is 35.9. The van der Waals surface area contributed by atoms with Gasteiger partial charge < -0.3 is 6.15 Å². The van der Waals surface area contributed by atoms with Crippen molar-refractivity contribution in [3.63, 3.8) is 0 Å². The van der Waals surface area contributed by atoms with Crippen molar-refractivity contribution in [1.29, 1.82) is 0 Å². The summed E-state index contributed by atoms with van der Waals surface area (Å²) in [6.45, 7) is 0. The third kappa shape index (κ3) is 12.3. The molecule has 0 heterocycles. The molecular formula is H3Cl2NP. The summed E-state index contributed by atoms with van der Waals surface area (Å²) in [4.78, 5) is 0. The SMILES string of the molecule is Cl[P]Cl.N. The Hall–Kier alpha value is 0.970. The summed E-state index contributed by atoms with van der Waals surface area (Å²) >= 11 is 9.47. The second kappa shape index (κ2) is 9.02. The van der Waals surface area contributed by atoms with Crippen LogP contribution in [0.4, 0.5) is 0 Å². The average molecular weight is 119 g/mol. The molecule has 0 rings (SSSR count). The zero-order chi connectivity index (χ0) is 2.71. The van der Waals surface area contributed by atoms with Gasteiger partial charge in [-0.05, 0) is 0 Å². The molecule has 0 saturated heterocycles. The Kier molecular flexibility index (Phi) is 20.0. The lowest BCUT2D eigenvalue weighted by atomic mass is 14.0. The van der Waals surface area contributed by atoms with Gasteiger partial charge in [0.2, 0.25) is 0 Å². The minimum Gasteiger partial charge on any atom is -0.344 e. The molecule has 0 unspecified atom stereocenters. The van der Waals surface area contributed by atoms with Gasteiger partial charge in [-0.3, -0.25) is 0 Å². The van der Waals surface area contributed by atoms with E-state index in [9.17, 15) is 0 Å². The summed E-state index contributed by atoms with van der Waals surface area (Å²) in [6, 6.07) is 0. The van der Waals surface area contributed by atoms with Gasteiger partial charge in [0.25, 0.3) is 0 Å². The van der Waals surface area contributed by atoms with Crippen molar-refractivity contribution in [2.45, 2.75) is 0 Å². The number of rotatable bonds is 0. The van der Waals surface area contributed by atoms with Crippen LogP contribution in [0.5, 0.6) is 0 Å². The molecule has 0 bridgehead atoms. The normalized spacial score (nSPS) is 4.50. The molecule has 0 aromatic carbocycles. The van der Waals surface area contributed by atoms with Crippen LogP contribution in [-0.4, -0.2) is 0 Å². The first-order valence-electron chi connectivity index (χ1n) is 0.338. The molecule has 3 N–H and O–H groups in total. The Morgan fingerprint density at radius 1 is 1.25 bits per heavy atom. The second-order valence-corrected chi connectivity index (χ2v) is 1.72. The zero-order valence-corrected chi connectivity index (χ0v) is 4.32. The van der Waals surface area contributed by atoms with Crippen LogP contribution >= 0.6 is 29.8 Å². The van der Waals surface area contributed by atoms with E-state index in [4.69, 9.17) is 22.5 Å². The van der Waals surface area contributed by atoms with Gasteiger partial charge in [-0.15, -0.1) is 0 Å². The van der Waals surface area contributed by atoms with Crippen LogP contribution in [0, 0.1) is 0 Å². The summed E-state index contributed by atoms with van der Waals surface area (Å²) < 4.78 is 0. The summed E-state index contributed by atoms with van der Waals surface area (Å²) in [5.74, 6) is 0. The minimum atomic E-state index is 0. The number of hydrogen-bond donors (Lipinski definition) is 1. The molecule has 0 aliphatic rings. The van der Waals surface area contributed by atoms with Crippen molar-refractivity contribution in [2.75, 3.05) is 0 Å². The van der Waals surface area contributed by atoms with Crippen LogP contribution in [0.15, 0.2) is 0 Å². The maximum atomic E-state index is 4.74. The van der Waals surface area contributed by atoms with E-state index in [0.717, 1.165) is 0 Å². The van der Waals surface area contributed by atoms with E-state index in [-0.39, 0.29) is 6.15 Å². The smallest absolute Gasteiger partial charge is 0.141 e. The molecule has 0 aliphatic heterocycles. The second-order valence-electron chi connectivity index (χ2n) is 0.0639. The molecular weight excluding hydrogens is 116 g/mol. The molecule has 0 aromatic heterocycles. The highest BCUT2D eigenvalue weighted by molar-refractivity contribution is 7.90. The number of hydrogen-bond acceptors (Lipinski definition) is 1. The molecule has 0 saturated carbocycles. The van der Waals surface area contributed by atoms with Gasteiger partial charge in [0, 0.05) is 0 Å². The van der Waals surface area contributed by atoms with Gasteiger partial charge in [-0.2, -0.15) is 0 Å². The molecule has 1 radical (unpaired) electrons. The zero-order valence-electron chi connectivity index (χ0n) is 1.91. The summed E-state index contributed by atoms with van der Waals surface area (Å²) in [5, 5.41) is 0. The molecule has 4 heavy (non-hydrogen) atoms. The Bertz CT molecular complexity index is 6.00. The van der Waals surface area contributed by atoms with Gasteiger partial charge >= 0.3 is 0 Å². The van der Waals surface area contributed by atoms with Crippen molar-refractivity contribution in [1.82, 2.24) is 6.15 Å². The van der Waals surface area contributed by atoms with Gasteiger partial charge in [0.05, 0.1) is 0 Å². The third-order valence-corrected chi connectivity index (χ3v) is 0. The first kappa shape index (κ1) is 8.88. The number of halogens is 2. The van der Waals surface area contributed by atoms with E-state index < -0.39 is 0 Å². The van der Waals surface area contributed by atoms with Crippen LogP contribution in [-0.2, 0) is 0 Å². The largest absolute Gasteiger partial charge is 0.344 e. The molecule has 0 aromatic rings. The lowest BCUT2D eigenvalue weighted by Gasteiger charge is -1.38. The van der Waals surface area contributed by atoms with Crippen molar-refractivity contribution in [2.24, 2.45) is 0 Å². The van der Waals surface area contributed by atoms with Crippen molar-refractivity contribution in [3.05, 3.63) is 0 Å². The fraction of sp³-hybridized carbons (Fsp3) is 0. The first-order chi connectivity index (χ1) is 1.41. The summed E-state index contributed by atoms with van der Waals surface area (Å²) in [5.41, 5.74) is 0. The van der Waals surface area contributed by atoms with Crippen LogP contribution in [0.2, 0.25) is 0 Å². The Labute approximate surface area is 36.6 Å². The highest BCUT2D eigenvalue weighted by Crippen LogP contribution is 2.19. The van der Waals surface area contributed by atoms with E-state index in [0.29, 0.717) is 7.29 Å². The quantitative estimate of drug-likeness (QED) is 0.488. The van der Waals surface area contributed by atoms with Crippen molar-refractivity contribution < 1.29 is 0 Å². The predicted molar refractivity (Wildman–Crippen MR) is 23.6 cm³/mol. The van der Waals surface area contributed by atoms with Crippen LogP contribution in [0.25, 0.3) is 0 Å². The van der Waals surface area contributed by atoms with E-state index >= 15 is 0 Å². The summed E-state index contributed by atoms with van der Waals surface area (Å²) in [7, 11) is 0.361. The third-order valence-electron chi connectivity index (χ3n) is 0. The van der Waals surface area contributed by atoms with E-state index in [1.165, 1.54) is 0 Å². The van der Waals surface area contributed by atoms with Crippen LogP contribution < -0.4 is 6.15 Å². The topological polar surface area (TPSA) is 35.0 Å². The predicted octanol–water partition coefficient (Wildman–Crippen LogP) is 2.40. The van der Waals surface area contributed by atoms with Crippen LogP contribution in [0.3, 0.4) is 0 Å². The molecule has 0 amide bonds. The van der Waals surface area contributed by atoms with E-state index in [1.807, 2.05) is 0 Å². The molecule has 4 heteroatoms. The molecule has 27 valence electrons. The van der Waals surface area contributed by atoms with Gasteiger partial charge in [0.1, 0.15) is 7.29 Å². The molecule has 0 aliphatic carbocycles. The fourth-order valence-corrected chi connectivity index (χ4v) is 0. The lowest BCUT2D eigenvalue weighted by molar-refractivity contribution is 2.13. The van der Waals surface area contributed by atoms with Crippen molar-refractivity contribution in [3.8, 4) is 0 Å². The minimum absolute atomic E-state index is 0. The van der Waals surface area contributed by atoms with E-state index in [2.05, 4.69) is 0 Å². The molecule has 0 fully saturated rings. The Morgan fingerprint density at radius 3 is 1.25 bits per heavy atom. The van der Waals surface area contributed by atoms with Crippen molar-refractivity contribution >= 4 is 29.8 Å². The maximum absolute atomic E-state index is 4.74. The van der Waals surface area contributed by atoms with Gasteiger partial charge in [0.15, 0.2) is 0 Å². The average Bonchev–Trinajstić information content (AvgIpc) is 0.918. The summed E-state index contributed by atoms with van der Waals surface area (Å²) in [6.07, 6.45) is 0. The lowest BCUT2D eigenvalue weighted by Crippen LogP contribution is -0.641. The van der Waals surface area contributed by atoms with E-state index in [1.54, 1.807) is 0 Å². The maximum Gasteiger partial charge on any atom is 0.141 e. The molecule has 0 spiro atoms. The van der Waals surface area contributed by atoms with Gasteiger partial charge in [-0.25, -0.2) is 0 Å². The van der Waals surface area contributed by atoms with Gasteiger partial charge in [-0.1, -0.05) is 22.5 Å². The standard InChI is InChI=1S/Cl2P.H3N/c1-3-2;/h;1H3. The first-order valence-corrected chi connectivity index (χ1v) is 3.04. The molecule has 1 nitrogen and oxygen atoms in total. The fourth-order valence-electron chi connectivity index (χ4n) is 0. The van der Waals surface area contributed by atoms with Crippen LogP contribution in [0.1, 0.15) is 0 Å². The highest BCUT2D eigenvalue weighted by Gasteiger charge is 1.45. The Balaban J connectivity index is 0. The monoisotopic (exact) mass is 118 g/mol. The Morgan fingerprint density at radius 2 is 1.25 bits per heavy atom.